The Morgan fingerprint density at radius 2 is 1.47 bits per heavy atom. The minimum absolute atomic E-state index is 0.166. The van der Waals surface area contributed by atoms with Crippen molar-refractivity contribution in [3.05, 3.63) is 37.0 Å². The number of terminal acetylenes is 2. The van der Waals surface area contributed by atoms with Crippen molar-refractivity contribution < 1.29 is 13.6 Å². The third-order valence-corrected chi connectivity index (χ3v) is 3.68. The second kappa shape index (κ2) is 11.6. The number of hydrogen-bond acceptors (Lipinski definition) is 3. The lowest BCUT2D eigenvalue weighted by Gasteiger charge is -2.15. The third-order valence-electron chi connectivity index (χ3n) is 1.89. The summed E-state index contributed by atoms with van der Waals surface area (Å²) in [6, 6.07) is 0. The molecule has 0 spiro atoms. The largest absolute Gasteiger partial charge is 0.335 e. The molecule has 0 aliphatic heterocycles. The minimum Gasteiger partial charge on any atom is -0.304 e. The van der Waals surface area contributed by atoms with Gasteiger partial charge < -0.3 is 9.05 Å². The second-order valence-corrected chi connectivity index (χ2v) is 5.54. The van der Waals surface area contributed by atoms with Gasteiger partial charge in [-0.25, -0.2) is 0 Å². The molecular formula is C15H19O3P. The molecule has 19 heavy (non-hydrogen) atoms. The molecule has 3 nitrogen and oxygen atoms in total. The van der Waals surface area contributed by atoms with E-state index in [2.05, 4.69) is 18.4 Å². The van der Waals surface area contributed by atoms with Gasteiger partial charge in [-0.3, -0.25) is 4.57 Å². The van der Waals surface area contributed by atoms with Crippen LogP contribution in [0.2, 0.25) is 0 Å². The van der Waals surface area contributed by atoms with Crippen LogP contribution in [0.3, 0.4) is 0 Å². The molecule has 0 aliphatic carbocycles. The summed E-state index contributed by atoms with van der Waals surface area (Å²) >= 11 is 0. The molecule has 102 valence electrons. The molecule has 0 aromatic rings. The van der Waals surface area contributed by atoms with E-state index in [0.717, 1.165) is 0 Å². The number of hydrogen-bond donors (Lipinski definition) is 0. The van der Waals surface area contributed by atoms with Gasteiger partial charge in [0.2, 0.25) is 0 Å². The van der Waals surface area contributed by atoms with Crippen LogP contribution in [0.5, 0.6) is 0 Å². The summed E-state index contributed by atoms with van der Waals surface area (Å²) in [6.45, 7) is 3.93. The van der Waals surface area contributed by atoms with Crippen molar-refractivity contribution in [2.75, 3.05) is 19.4 Å². The summed E-state index contributed by atoms with van der Waals surface area (Å²) in [4.78, 5) is 0. The maximum Gasteiger partial charge on any atom is 0.335 e. The summed E-state index contributed by atoms with van der Waals surface area (Å²) in [5.41, 5.74) is 0. The zero-order chi connectivity index (χ0) is 14.4. The van der Waals surface area contributed by atoms with Crippen molar-refractivity contribution in [3.8, 4) is 24.7 Å². The molecule has 0 atom stereocenters. The van der Waals surface area contributed by atoms with Crippen molar-refractivity contribution in [2.45, 2.75) is 12.8 Å². The monoisotopic (exact) mass is 278 g/mol. The van der Waals surface area contributed by atoms with Crippen LogP contribution in [-0.2, 0) is 13.6 Å². The van der Waals surface area contributed by atoms with E-state index in [-0.39, 0.29) is 19.4 Å². The Morgan fingerprint density at radius 3 is 1.84 bits per heavy atom. The number of rotatable bonds is 10. The highest BCUT2D eigenvalue weighted by Crippen LogP contribution is 2.47. The van der Waals surface area contributed by atoms with E-state index < -0.39 is 7.60 Å². The summed E-state index contributed by atoms with van der Waals surface area (Å²) < 4.78 is 22.7. The fraction of sp³-hybridized carbons (Fsp3) is 0.333. The van der Waals surface area contributed by atoms with E-state index >= 15 is 0 Å². The first-order chi connectivity index (χ1) is 9.18. The third kappa shape index (κ3) is 10.1. The highest BCUT2D eigenvalue weighted by atomic mass is 31.2. The molecule has 0 unspecified atom stereocenters. The first kappa shape index (κ1) is 17.5. The lowest BCUT2D eigenvalue weighted by atomic mass is 10.4. The molecular weight excluding hydrogens is 259 g/mol. The maximum absolute atomic E-state index is 12.2. The van der Waals surface area contributed by atoms with Gasteiger partial charge in [-0.15, -0.1) is 31.3 Å². The van der Waals surface area contributed by atoms with Crippen molar-refractivity contribution in [3.63, 3.8) is 0 Å². The molecule has 0 rings (SSSR count). The van der Waals surface area contributed by atoms with Gasteiger partial charge in [-0.05, 0) is 0 Å². The molecule has 0 bridgehead atoms. The van der Waals surface area contributed by atoms with Crippen molar-refractivity contribution in [2.24, 2.45) is 0 Å². The van der Waals surface area contributed by atoms with Gasteiger partial charge in [-0.1, -0.05) is 30.4 Å². The van der Waals surface area contributed by atoms with Gasteiger partial charge in [-0.2, -0.15) is 0 Å². The first-order valence-electron chi connectivity index (χ1n) is 5.84. The topological polar surface area (TPSA) is 35.5 Å². The zero-order valence-corrected chi connectivity index (χ0v) is 11.9. The summed E-state index contributed by atoms with van der Waals surface area (Å²) in [5.74, 6) is 4.92. The molecule has 0 heterocycles. The van der Waals surface area contributed by atoms with Gasteiger partial charge in [0.05, 0.1) is 19.4 Å². The van der Waals surface area contributed by atoms with Gasteiger partial charge >= 0.3 is 7.60 Å². The Hall–Kier alpha value is -1.51. The van der Waals surface area contributed by atoms with Crippen LogP contribution in [0, 0.1) is 24.7 Å². The Labute approximate surface area is 115 Å². The Bertz CT molecular complexity index is 401. The van der Waals surface area contributed by atoms with E-state index in [1.54, 1.807) is 24.3 Å². The molecule has 0 aromatic carbocycles. The standard InChI is InChI=1S/C15H19O3P/c1-4-7-9-11-13-17-19(16,15-6-3)18-14-12-10-8-5-2/h1-2,6,9-12H,3,7-8,13-15H2. The maximum atomic E-state index is 12.2. The lowest BCUT2D eigenvalue weighted by Crippen LogP contribution is -1.99. The fourth-order valence-electron chi connectivity index (χ4n) is 1.05. The number of allylic oxidation sites excluding steroid dienone is 3. The molecule has 0 aliphatic rings. The van der Waals surface area contributed by atoms with Crippen LogP contribution >= 0.6 is 7.60 Å². The van der Waals surface area contributed by atoms with E-state index in [4.69, 9.17) is 21.9 Å². The fourth-order valence-corrected chi connectivity index (χ4v) is 2.28. The molecule has 0 fully saturated rings. The summed E-state index contributed by atoms with van der Waals surface area (Å²) in [5, 5.41) is 0. The normalized spacial score (nSPS) is 14.0. The van der Waals surface area contributed by atoms with Gasteiger partial charge in [0, 0.05) is 12.8 Å². The average Bonchev–Trinajstić information content (AvgIpc) is 2.39. The second-order valence-electron chi connectivity index (χ2n) is 3.43. The molecule has 0 N–H and O–H groups in total. The molecule has 4 heteroatoms. The molecule has 0 saturated carbocycles. The van der Waals surface area contributed by atoms with Crippen molar-refractivity contribution in [1.82, 2.24) is 0 Å². The Balaban J connectivity index is 4.19. The van der Waals surface area contributed by atoms with Crippen LogP contribution in [0.25, 0.3) is 0 Å². The van der Waals surface area contributed by atoms with Crippen LogP contribution in [0.1, 0.15) is 12.8 Å². The van der Waals surface area contributed by atoms with Gasteiger partial charge in [0.25, 0.3) is 0 Å². The van der Waals surface area contributed by atoms with Crippen molar-refractivity contribution >= 4 is 7.60 Å². The predicted octanol–water partition coefficient (Wildman–Crippen LogP) is 3.56. The van der Waals surface area contributed by atoms with E-state index in [1.165, 1.54) is 6.08 Å². The average molecular weight is 278 g/mol. The Morgan fingerprint density at radius 1 is 1.00 bits per heavy atom. The smallest absolute Gasteiger partial charge is 0.304 e. The quantitative estimate of drug-likeness (QED) is 0.348. The molecule has 0 amide bonds. The van der Waals surface area contributed by atoms with Gasteiger partial charge in [0.15, 0.2) is 0 Å². The van der Waals surface area contributed by atoms with Gasteiger partial charge in [0.1, 0.15) is 0 Å². The minimum atomic E-state index is -3.14. The molecule has 0 saturated heterocycles. The summed E-state index contributed by atoms with van der Waals surface area (Å²) in [7, 11) is -3.14. The Kier molecular flexibility index (Phi) is 10.7. The van der Waals surface area contributed by atoms with Crippen LogP contribution in [0.15, 0.2) is 37.0 Å². The molecule has 0 radical (unpaired) electrons. The van der Waals surface area contributed by atoms with E-state index in [9.17, 15) is 4.57 Å². The highest BCUT2D eigenvalue weighted by Gasteiger charge is 2.21. The highest BCUT2D eigenvalue weighted by molar-refractivity contribution is 7.54. The van der Waals surface area contributed by atoms with E-state index in [0.29, 0.717) is 12.8 Å². The summed E-state index contributed by atoms with van der Waals surface area (Å²) in [6.07, 6.45) is 19.9. The predicted molar refractivity (Wildman–Crippen MR) is 79.8 cm³/mol. The van der Waals surface area contributed by atoms with Crippen LogP contribution < -0.4 is 0 Å². The zero-order valence-electron chi connectivity index (χ0n) is 11.0. The molecule has 0 aromatic heterocycles. The van der Waals surface area contributed by atoms with Crippen molar-refractivity contribution in [1.29, 1.82) is 0 Å². The van der Waals surface area contributed by atoms with Crippen LogP contribution in [-0.4, -0.2) is 19.4 Å². The SMILES string of the molecule is C#CCC=CCOP(=O)(CC=C)OCC=CCC#C. The first-order valence-corrected chi connectivity index (χ1v) is 7.57. The lowest BCUT2D eigenvalue weighted by molar-refractivity contribution is 0.239. The van der Waals surface area contributed by atoms with Crippen LogP contribution in [0.4, 0.5) is 0 Å². The van der Waals surface area contributed by atoms with E-state index in [1.807, 2.05) is 0 Å².